The predicted octanol–water partition coefficient (Wildman–Crippen LogP) is 3.94. The predicted molar refractivity (Wildman–Crippen MR) is 88.8 cm³/mol. The molecule has 0 N–H and O–H groups in total. The highest BCUT2D eigenvalue weighted by molar-refractivity contribution is 5.94. The third kappa shape index (κ3) is 7.25. The summed E-state index contributed by atoms with van der Waals surface area (Å²) in [5, 5.41) is 0. The Morgan fingerprint density at radius 3 is 2.36 bits per heavy atom. The minimum Gasteiger partial charge on any atom is -0.466 e. The fourth-order valence-electron chi connectivity index (χ4n) is 2.14. The summed E-state index contributed by atoms with van der Waals surface area (Å²) >= 11 is 0. The van der Waals surface area contributed by atoms with Crippen LogP contribution in [0.2, 0.25) is 0 Å². The second-order valence-electron chi connectivity index (χ2n) is 5.42. The van der Waals surface area contributed by atoms with E-state index in [-0.39, 0.29) is 24.7 Å². The second-order valence-corrected chi connectivity index (χ2v) is 5.42. The van der Waals surface area contributed by atoms with Crippen molar-refractivity contribution in [2.45, 2.75) is 51.9 Å². The van der Waals surface area contributed by atoms with Gasteiger partial charge in [-0.3, -0.25) is 9.59 Å². The Hall–Kier alpha value is -1.84. The first-order valence-corrected chi connectivity index (χ1v) is 8.12. The number of unbranched alkanes of at least 4 members (excludes halogenated alkanes) is 4. The van der Waals surface area contributed by atoms with Crippen molar-refractivity contribution in [3.63, 3.8) is 0 Å². The highest BCUT2D eigenvalue weighted by Crippen LogP contribution is 2.13. The topological polar surface area (TPSA) is 46.6 Å². The number of carbonyl (C=O) groups is 2. The number of amides is 1. The molecular weight excluding hydrogens is 278 g/mol. The lowest BCUT2D eigenvalue weighted by atomic mass is 10.2. The van der Waals surface area contributed by atoms with Gasteiger partial charge in [0, 0.05) is 19.2 Å². The largest absolute Gasteiger partial charge is 0.466 e. The van der Waals surface area contributed by atoms with E-state index in [1.165, 1.54) is 19.3 Å². The van der Waals surface area contributed by atoms with Crippen LogP contribution in [0.4, 0.5) is 5.69 Å². The number of nitrogens with zero attached hydrogens (tertiary/aromatic N) is 1. The molecule has 22 heavy (non-hydrogen) atoms. The summed E-state index contributed by atoms with van der Waals surface area (Å²) < 4.78 is 5.15. The van der Waals surface area contributed by atoms with E-state index < -0.39 is 0 Å². The Morgan fingerprint density at radius 1 is 1.00 bits per heavy atom. The standard InChI is InChI=1S/C18H27NO3/c1-3-4-5-6-10-15-22-18(21)14-13-17(20)19(2)16-11-8-7-9-12-16/h7-9,11-12H,3-6,10,13-15H2,1-2H3. The van der Waals surface area contributed by atoms with Gasteiger partial charge in [0.15, 0.2) is 0 Å². The number of para-hydroxylation sites is 1. The van der Waals surface area contributed by atoms with Gasteiger partial charge in [-0.15, -0.1) is 0 Å². The molecule has 0 spiro atoms. The number of hydrogen-bond donors (Lipinski definition) is 0. The number of hydrogen-bond acceptors (Lipinski definition) is 3. The summed E-state index contributed by atoms with van der Waals surface area (Å²) in [4.78, 5) is 25.2. The maximum Gasteiger partial charge on any atom is 0.306 e. The molecule has 122 valence electrons. The number of rotatable bonds is 10. The van der Waals surface area contributed by atoms with E-state index >= 15 is 0 Å². The van der Waals surface area contributed by atoms with Gasteiger partial charge in [-0.1, -0.05) is 50.8 Å². The number of esters is 1. The van der Waals surface area contributed by atoms with Crippen LogP contribution in [0.3, 0.4) is 0 Å². The second kappa shape index (κ2) is 10.8. The normalized spacial score (nSPS) is 10.3. The Kier molecular flexibility index (Phi) is 8.96. The Labute approximate surface area is 133 Å². The lowest BCUT2D eigenvalue weighted by Crippen LogP contribution is -2.26. The monoisotopic (exact) mass is 305 g/mol. The van der Waals surface area contributed by atoms with Crippen molar-refractivity contribution in [3.05, 3.63) is 30.3 Å². The third-order valence-corrected chi connectivity index (χ3v) is 3.57. The maximum atomic E-state index is 12.0. The van der Waals surface area contributed by atoms with Crippen LogP contribution in [0.5, 0.6) is 0 Å². The van der Waals surface area contributed by atoms with Crippen LogP contribution < -0.4 is 4.90 Å². The summed E-state index contributed by atoms with van der Waals surface area (Å²) in [6.07, 6.45) is 5.95. The zero-order valence-corrected chi connectivity index (χ0v) is 13.7. The lowest BCUT2D eigenvalue weighted by Gasteiger charge is -2.16. The molecule has 0 aliphatic rings. The van der Waals surface area contributed by atoms with E-state index in [9.17, 15) is 9.59 Å². The third-order valence-electron chi connectivity index (χ3n) is 3.57. The van der Waals surface area contributed by atoms with Gasteiger partial charge in [0.2, 0.25) is 5.91 Å². The molecule has 1 aromatic carbocycles. The van der Waals surface area contributed by atoms with E-state index in [4.69, 9.17) is 4.74 Å². The van der Waals surface area contributed by atoms with Crippen LogP contribution in [-0.4, -0.2) is 25.5 Å². The molecule has 0 saturated heterocycles. The molecule has 0 heterocycles. The summed E-state index contributed by atoms with van der Waals surface area (Å²) in [6, 6.07) is 9.40. The molecule has 0 aromatic heterocycles. The SMILES string of the molecule is CCCCCCCOC(=O)CCC(=O)N(C)c1ccccc1. The Morgan fingerprint density at radius 2 is 1.68 bits per heavy atom. The van der Waals surface area contributed by atoms with Crippen molar-refractivity contribution in [1.29, 1.82) is 0 Å². The van der Waals surface area contributed by atoms with Crippen molar-refractivity contribution in [2.75, 3.05) is 18.6 Å². The molecule has 0 fully saturated rings. The molecule has 0 radical (unpaired) electrons. The van der Waals surface area contributed by atoms with E-state index in [1.807, 2.05) is 30.3 Å². The quantitative estimate of drug-likeness (QED) is 0.486. The zero-order valence-electron chi connectivity index (χ0n) is 13.7. The lowest BCUT2D eigenvalue weighted by molar-refractivity contribution is -0.144. The smallest absolute Gasteiger partial charge is 0.306 e. The van der Waals surface area contributed by atoms with Crippen LogP contribution in [0.1, 0.15) is 51.9 Å². The average Bonchev–Trinajstić information content (AvgIpc) is 2.56. The first-order valence-electron chi connectivity index (χ1n) is 8.12. The molecule has 0 saturated carbocycles. The number of ether oxygens (including phenoxy) is 1. The van der Waals surface area contributed by atoms with Gasteiger partial charge in [0.25, 0.3) is 0 Å². The van der Waals surface area contributed by atoms with Crippen molar-refractivity contribution in [2.24, 2.45) is 0 Å². The van der Waals surface area contributed by atoms with Gasteiger partial charge in [0.05, 0.1) is 13.0 Å². The maximum absolute atomic E-state index is 12.0. The molecule has 0 atom stereocenters. The van der Waals surface area contributed by atoms with E-state index in [2.05, 4.69) is 6.92 Å². The number of anilines is 1. The van der Waals surface area contributed by atoms with Crippen LogP contribution in [0.15, 0.2) is 30.3 Å². The first-order chi connectivity index (χ1) is 10.6. The highest BCUT2D eigenvalue weighted by atomic mass is 16.5. The zero-order chi connectivity index (χ0) is 16.2. The number of benzene rings is 1. The minimum absolute atomic E-state index is 0.0777. The molecule has 0 unspecified atom stereocenters. The van der Waals surface area contributed by atoms with Gasteiger partial charge in [0.1, 0.15) is 0 Å². The molecule has 1 rings (SSSR count). The molecule has 1 aromatic rings. The molecular formula is C18H27NO3. The molecule has 0 bridgehead atoms. The average molecular weight is 305 g/mol. The van der Waals surface area contributed by atoms with Crippen molar-refractivity contribution in [1.82, 2.24) is 0 Å². The summed E-state index contributed by atoms with van der Waals surface area (Å²) in [5.74, 6) is -0.364. The highest BCUT2D eigenvalue weighted by Gasteiger charge is 2.13. The van der Waals surface area contributed by atoms with Crippen LogP contribution in [0, 0.1) is 0 Å². The van der Waals surface area contributed by atoms with Gasteiger partial charge >= 0.3 is 5.97 Å². The molecule has 4 heteroatoms. The Bertz CT molecular complexity index is 445. The van der Waals surface area contributed by atoms with Crippen LogP contribution >= 0.6 is 0 Å². The van der Waals surface area contributed by atoms with Crippen molar-refractivity contribution >= 4 is 17.6 Å². The first kappa shape index (κ1) is 18.2. The van der Waals surface area contributed by atoms with E-state index in [1.54, 1.807) is 11.9 Å². The summed E-state index contributed by atoms with van der Waals surface area (Å²) in [7, 11) is 1.72. The summed E-state index contributed by atoms with van der Waals surface area (Å²) in [6.45, 7) is 2.63. The molecule has 0 aliphatic heterocycles. The van der Waals surface area contributed by atoms with Crippen LogP contribution in [-0.2, 0) is 14.3 Å². The molecule has 0 aliphatic carbocycles. The van der Waals surface area contributed by atoms with Gasteiger partial charge in [-0.2, -0.15) is 0 Å². The van der Waals surface area contributed by atoms with Gasteiger partial charge in [-0.05, 0) is 18.6 Å². The molecule has 1 amide bonds. The Balaban J connectivity index is 2.16. The molecule has 4 nitrogen and oxygen atoms in total. The van der Waals surface area contributed by atoms with Gasteiger partial charge in [-0.25, -0.2) is 0 Å². The fourth-order valence-corrected chi connectivity index (χ4v) is 2.14. The van der Waals surface area contributed by atoms with Crippen molar-refractivity contribution in [3.8, 4) is 0 Å². The fraction of sp³-hybridized carbons (Fsp3) is 0.556. The summed E-state index contributed by atoms with van der Waals surface area (Å²) in [5.41, 5.74) is 0.830. The van der Waals surface area contributed by atoms with Crippen LogP contribution in [0.25, 0.3) is 0 Å². The van der Waals surface area contributed by atoms with Crippen molar-refractivity contribution < 1.29 is 14.3 Å². The van der Waals surface area contributed by atoms with E-state index in [0.29, 0.717) is 6.61 Å². The van der Waals surface area contributed by atoms with E-state index in [0.717, 1.165) is 18.5 Å². The number of carbonyl (C=O) groups excluding carboxylic acids is 2. The van der Waals surface area contributed by atoms with Gasteiger partial charge < -0.3 is 9.64 Å². The minimum atomic E-state index is -0.287.